The van der Waals surface area contributed by atoms with Crippen molar-refractivity contribution in [2.24, 2.45) is 0 Å². The molecule has 184 valence electrons. The van der Waals surface area contributed by atoms with E-state index in [1.807, 2.05) is 12.1 Å². The summed E-state index contributed by atoms with van der Waals surface area (Å²) in [6.45, 7) is 2.30. The van der Waals surface area contributed by atoms with Crippen LogP contribution in [0.3, 0.4) is 0 Å². The van der Waals surface area contributed by atoms with Crippen molar-refractivity contribution in [3.8, 4) is 6.07 Å². The lowest BCUT2D eigenvalue weighted by atomic mass is 9.98. The van der Waals surface area contributed by atoms with Crippen LogP contribution in [-0.4, -0.2) is 55.9 Å². The Morgan fingerprint density at radius 3 is 2.50 bits per heavy atom. The van der Waals surface area contributed by atoms with Gasteiger partial charge in [-0.1, -0.05) is 18.2 Å². The molecule has 1 aliphatic heterocycles. The number of aliphatic hydroxyl groups excluding tert-OH is 2. The number of hydrogen-bond acceptors (Lipinski definition) is 6. The maximum Gasteiger partial charge on any atom is 0.418 e. The van der Waals surface area contributed by atoms with Gasteiger partial charge in [0.15, 0.2) is 14.7 Å². The van der Waals surface area contributed by atoms with Crippen molar-refractivity contribution in [3.05, 3.63) is 46.9 Å². The number of sulfone groups is 1. The van der Waals surface area contributed by atoms with Crippen LogP contribution in [0.2, 0.25) is 0 Å². The Morgan fingerprint density at radius 1 is 1.21 bits per heavy atom. The zero-order chi connectivity index (χ0) is 25.1. The van der Waals surface area contributed by atoms with Crippen molar-refractivity contribution < 1.29 is 31.8 Å². The van der Waals surface area contributed by atoms with E-state index >= 15 is 0 Å². The first kappa shape index (κ1) is 26.0. The van der Waals surface area contributed by atoms with Crippen molar-refractivity contribution >= 4 is 31.9 Å². The third-order valence-corrected chi connectivity index (χ3v) is 7.79. The molecule has 3 rings (SSSR count). The quantitative estimate of drug-likeness (QED) is 0.558. The number of nitrogens with zero attached hydrogens (tertiary/aromatic N) is 2. The van der Waals surface area contributed by atoms with Crippen molar-refractivity contribution in [1.29, 1.82) is 5.26 Å². The van der Waals surface area contributed by atoms with Gasteiger partial charge in [-0.25, -0.2) is 8.42 Å². The smallest absolute Gasteiger partial charge is 0.394 e. The molecule has 0 aromatic heterocycles. The van der Waals surface area contributed by atoms with Crippen LogP contribution >= 0.6 is 0 Å². The highest BCUT2D eigenvalue weighted by Crippen LogP contribution is 2.39. The van der Waals surface area contributed by atoms with Gasteiger partial charge in [0, 0.05) is 18.3 Å². The van der Waals surface area contributed by atoms with Crippen LogP contribution < -0.4 is 4.90 Å². The molecular formula is C24H27F3N2O4S. The van der Waals surface area contributed by atoms with Gasteiger partial charge in [-0.3, -0.25) is 0 Å². The molecule has 34 heavy (non-hydrogen) atoms. The normalized spacial score (nSPS) is 19.0. The number of benzene rings is 2. The molecule has 2 aromatic carbocycles. The molecule has 0 aliphatic carbocycles. The van der Waals surface area contributed by atoms with Gasteiger partial charge >= 0.3 is 6.18 Å². The van der Waals surface area contributed by atoms with E-state index in [4.69, 9.17) is 5.11 Å². The molecule has 2 atom stereocenters. The van der Waals surface area contributed by atoms with E-state index in [9.17, 15) is 32.0 Å². The first-order valence-electron chi connectivity index (χ1n) is 11.0. The third-order valence-electron chi connectivity index (χ3n) is 6.10. The standard InChI is InChI=1S/C24H27F3N2O4S/c1-16-4-2-3-10-29(16)20-8-7-17-12-19(6-5-18(17)13-20)23(24(25,26)27)22(14-28)34(32,33)11-9-21(31)15-30/h5-8,12-13,16,21,30-31H,2-4,9-11,15H2,1H3/b23-22-. The van der Waals surface area contributed by atoms with Crippen LogP contribution in [0, 0.1) is 11.3 Å². The second kappa shape index (κ2) is 10.3. The number of fused-ring (bicyclic) bond motifs is 1. The fourth-order valence-corrected chi connectivity index (χ4v) is 5.71. The molecule has 10 heteroatoms. The van der Waals surface area contributed by atoms with Crippen LogP contribution in [0.5, 0.6) is 0 Å². The molecule has 0 saturated carbocycles. The maximum atomic E-state index is 14.0. The molecule has 0 radical (unpaired) electrons. The molecule has 2 unspecified atom stereocenters. The first-order valence-corrected chi connectivity index (χ1v) is 12.7. The molecular weight excluding hydrogens is 469 g/mol. The highest BCUT2D eigenvalue weighted by atomic mass is 32.2. The van der Waals surface area contributed by atoms with E-state index in [1.165, 1.54) is 24.3 Å². The summed E-state index contributed by atoms with van der Waals surface area (Å²) in [4.78, 5) is 0.863. The van der Waals surface area contributed by atoms with Crippen molar-refractivity contribution in [3.63, 3.8) is 0 Å². The van der Waals surface area contributed by atoms with Gasteiger partial charge in [0.25, 0.3) is 0 Å². The fourth-order valence-electron chi connectivity index (χ4n) is 4.24. The average Bonchev–Trinajstić information content (AvgIpc) is 2.79. The van der Waals surface area contributed by atoms with E-state index in [1.54, 1.807) is 6.07 Å². The molecule has 2 N–H and O–H groups in total. The summed E-state index contributed by atoms with van der Waals surface area (Å²) in [6, 6.07) is 10.9. The van der Waals surface area contributed by atoms with Crippen molar-refractivity contribution in [2.75, 3.05) is 23.8 Å². The molecule has 1 heterocycles. The van der Waals surface area contributed by atoms with Crippen LogP contribution in [-0.2, 0) is 9.84 Å². The summed E-state index contributed by atoms with van der Waals surface area (Å²) < 4.78 is 67.2. The Balaban J connectivity index is 2.07. The van der Waals surface area contributed by atoms with Crippen LogP contribution in [0.4, 0.5) is 18.9 Å². The van der Waals surface area contributed by atoms with Gasteiger partial charge in [-0.05, 0) is 67.1 Å². The zero-order valence-electron chi connectivity index (χ0n) is 18.7. The Labute approximate surface area is 196 Å². The monoisotopic (exact) mass is 496 g/mol. The largest absolute Gasteiger partial charge is 0.418 e. The Morgan fingerprint density at radius 2 is 1.88 bits per heavy atom. The topological polar surface area (TPSA) is 102 Å². The van der Waals surface area contributed by atoms with E-state index in [-0.39, 0.29) is 0 Å². The highest BCUT2D eigenvalue weighted by Gasteiger charge is 2.41. The van der Waals surface area contributed by atoms with Gasteiger partial charge in [0.2, 0.25) is 0 Å². The molecule has 0 amide bonds. The zero-order valence-corrected chi connectivity index (χ0v) is 19.5. The molecule has 2 aromatic rings. The van der Waals surface area contributed by atoms with E-state index in [0.717, 1.165) is 31.5 Å². The minimum absolute atomic E-state index is 0.359. The lowest BCUT2D eigenvalue weighted by molar-refractivity contribution is -0.0690. The molecule has 1 aliphatic rings. The number of alkyl halides is 3. The SMILES string of the molecule is CC1CCCCN1c1ccc2cc(/C(=C(\C#N)S(=O)(=O)CCC(O)CO)C(F)(F)F)ccc2c1. The summed E-state index contributed by atoms with van der Waals surface area (Å²) in [5, 5.41) is 28.8. The van der Waals surface area contributed by atoms with Gasteiger partial charge < -0.3 is 15.1 Å². The number of allylic oxidation sites excluding steroid dienone is 2. The number of anilines is 1. The number of rotatable bonds is 7. The van der Waals surface area contributed by atoms with Crippen LogP contribution in [0.25, 0.3) is 16.3 Å². The summed E-state index contributed by atoms with van der Waals surface area (Å²) in [7, 11) is -4.67. The summed E-state index contributed by atoms with van der Waals surface area (Å²) in [5.41, 5.74) is -0.993. The minimum atomic E-state index is -5.11. The highest BCUT2D eigenvalue weighted by molar-refractivity contribution is 7.95. The number of aliphatic hydroxyl groups is 2. The molecule has 0 spiro atoms. The number of nitriles is 1. The predicted octanol–water partition coefficient (Wildman–Crippen LogP) is 4.17. The molecule has 1 saturated heterocycles. The second-order valence-corrected chi connectivity index (χ2v) is 10.6. The lowest BCUT2D eigenvalue weighted by Gasteiger charge is -2.35. The van der Waals surface area contributed by atoms with Gasteiger partial charge in [-0.15, -0.1) is 0 Å². The second-order valence-electron chi connectivity index (χ2n) is 8.54. The summed E-state index contributed by atoms with van der Waals surface area (Å²) >= 11 is 0. The van der Waals surface area contributed by atoms with E-state index in [2.05, 4.69) is 11.8 Å². The average molecular weight is 497 g/mol. The minimum Gasteiger partial charge on any atom is -0.394 e. The molecule has 0 bridgehead atoms. The molecule has 1 fully saturated rings. The predicted molar refractivity (Wildman–Crippen MR) is 125 cm³/mol. The fraction of sp³-hybridized carbons (Fsp3) is 0.458. The molecule has 6 nitrogen and oxygen atoms in total. The number of hydrogen-bond donors (Lipinski definition) is 2. The van der Waals surface area contributed by atoms with Crippen LogP contribution in [0.1, 0.15) is 38.2 Å². The Kier molecular flexibility index (Phi) is 7.91. The van der Waals surface area contributed by atoms with Gasteiger partial charge in [0.05, 0.1) is 24.0 Å². The Hall–Kier alpha value is -2.61. The number of halogens is 3. The van der Waals surface area contributed by atoms with Crippen molar-refractivity contribution in [2.45, 2.75) is 50.9 Å². The lowest BCUT2D eigenvalue weighted by Crippen LogP contribution is -2.37. The maximum absolute atomic E-state index is 14.0. The van der Waals surface area contributed by atoms with Crippen molar-refractivity contribution in [1.82, 2.24) is 0 Å². The van der Waals surface area contributed by atoms with E-state index in [0.29, 0.717) is 16.8 Å². The third kappa shape index (κ3) is 5.71. The van der Waals surface area contributed by atoms with Crippen LogP contribution in [0.15, 0.2) is 41.3 Å². The van der Waals surface area contributed by atoms with Gasteiger partial charge in [0.1, 0.15) is 6.07 Å². The first-order chi connectivity index (χ1) is 16.0. The van der Waals surface area contributed by atoms with E-state index < -0.39 is 56.9 Å². The van der Waals surface area contributed by atoms with Gasteiger partial charge in [-0.2, -0.15) is 18.4 Å². The number of piperidine rings is 1. The Bertz CT molecular complexity index is 1220. The summed E-state index contributed by atoms with van der Waals surface area (Å²) in [5.74, 6) is -0.901. The summed E-state index contributed by atoms with van der Waals surface area (Å²) in [6.07, 6.45) is -3.72.